The Labute approximate surface area is 125 Å². The summed E-state index contributed by atoms with van der Waals surface area (Å²) in [6.07, 6.45) is 7.24. The molecule has 0 radical (unpaired) electrons. The standard InChI is InChI=1S/C15H13N5O2/c21-13(22)6-12-18-19-15-14(9-3-4-9)17-11(8-20(12)15)10-2-1-5-16-7-10/h1-2,5,7-9H,3-4,6H2,(H,21,22). The van der Waals surface area contributed by atoms with Gasteiger partial charge in [-0.15, -0.1) is 10.2 Å². The van der Waals surface area contributed by atoms with Crippen molar-refractivity contribution in [1.82, 2.24) is 24.6 Å². The lowest BCUT2D eigenvalue weighted by atomic mass is 10.2. The summed E-state index contributed by atoms with van der Waals surface area (Å²) in [5.74, 6) is -0.125. The topological polar surface area (TPSA) is 93.3 Å². The third kappa shape index (κ3) is 2.20. The normalized spacial score (nSPS) is 14.4. The molecule has 3 aromatic rings. The predicted octanol–water partition coefficient (Wildman–Crippen LogP) is 1.69. The van der Waals surface area contributed by atoms with E-state index in [1.165, 1.54) is 0 Å². The van der Waals surface area contributed by atoms with Gasteiger partial charge in [-0.3, -0.25) is 14.2 Å². The van der Waals surface area contributed by atoms with Crippen LogP contribution in [0.5, 0.6) is 0 Å². The molecular formula is C15H13N5O2. The summed E-state index contributed by atoms with van der Waals surface area (Å²) in [6.45, 7) is 0. The van der Waals surface area contributed by atoms with Gasteiger partial charge in [-0.25, -0.2) is 4.98 Å². The second-order valence-electron chi connectivity index (χ2n) is 5.41. The van der Waals surface area contributed by atoms with Crippen molar-refractivity contribution in [3.05, 3.63) is 42.2 Å². The molecule has 4 rings (SSSR count). The quantitative estimate of drug-likeness (QED) is 0.787. The van der Waals surface area contributed by atoms with Crippen molar-refractivity contribution in [1.29, 1.82) is 0 Å². The van der Waals surface area contributed by atoms with Gasteiger partial charge in [-0.1, -0.05) is 0 Å². The van der Waals surface area contributed by atoms with Crippen LogP contribution in [0.1, 0.15) is 30.3 Å². The van der Waals surface area contributed by atoms with Crippen molar-refractivity contribution in [2.75, 3.05) is 0 Å². The molecule has 1 aliphatic carbocycles. The van der Waals surface area contributed by atoms with Gasteiger partial charge in [0.2, 0.25) is 0 Å². The molecule has 1 saturated carbocycles. The van der Waals surface area contributed by atoms with Crippen molar-refractivity contribution in [3.8, 4) is 11.3 Å². The molecule has 1 aliphatic rings. The lowest BCUT2D eigenvalue weighted by molar-refractivity contribution is -0.136. The maximum atomic E-state index is 11.0. The first kappa shape index (κ1) is 12.9. The minimum Gasteiger partial charge on any atom is -0.481 e. The fourth-order valence-electron chi connectivity index (χ4n) is 2.50. The average molecular weight is 295 g/mol. The molecule has 7 nitrogen and oxygen atoms in total. The van der Waals surface area contributed by atoms with Crippen LogP contribution in [0.3, 0.4) is 0 Å². The second kappa shape index (κ2) is 4.87. The number of carboxylic acids is 1. The molecular weight excluding hydrogens is 282 g/mol. The van der Waals surface area contributed by atoms with Crippen molar-refractivity contribution in [2.24, 2.45) is 0 Å². The Morgan fingerprint density at radius 3 is 2.91 bits per heavy atom. The zero-order valence-corrected chi connectivity index (χ0v) is 11.7. The van der Waals surface area contributed by atoms with Crippen molar-refractivity contribution < 1.29 is 9.90 Å². The third-order valence-electron chi connectivity index (χ3n) is 3.72. The van der Waals surface area contributed by atoms with Gasteiger partial charge in [0, 0.05) is 30.1 Å². The van der Waals surface area contributed by atoms with E-state index in [9.17, 15) is 4.79 Å². The molecule has 0 bridgehead atoms. The summed E-state index contributed by atoms with van der Waals surface area (Å²) in [6, 6.07) is 3.78. The molecule has 1 N–H and O–H groups in total. The van der Waals surface area contributed by atoms with E-state index < -0.39 is 5.97 Å². The summed E-state index contributed by atoms with van der Waals surface area (Å²) < 4.78 is 1.75. The van der Waals surface area contributed by atoms with E-state index in [0.29, 0.717) is 17.4 Å². The summed E-state index contributed by atoms with van der Waals surface area (Å²) >= 11 is 0. The number of aliphatic carboxylic acids is 1. The average Bonchev–Trinajstić information content (AvgIpc) is 3.30. The highest BCUT2D eigenvalue weighted by Gasteiger charge is 2.29. The number of pyridine rings is 1. The predicted molar refractivity (Wildman–Crippen MR) is 77.3 cm³/mol. The fraction of sp³-hybridized carbons (Fsp3) is 0.267. The van der Waals surface area contributed by atoms with E-state index >= 15 is 0 Å². The molecule has 0 atom stereocenters. The molecule has 3 heterocycles. The molecule has 22 heavy (non-hydrogen) atoms. The number of rotatable bonds is 4. The minimum atomic E-state index is -0.929. The molecule has 3 aromatic heterocycles. The molecule has 1 fully saturated rings. The van der Waals surface area contributed by atoms with E-state index in [0.717, 1.165) is 29.8 Å². The van der Waals surface area contributed by atoms with Crippen molar-refractivity contribution >= 4 is 11.6 Å². The van der Waals surface area contributed by atoms with Crippen LogP contribution >= 0.6 is 0 Å². The highest BCUT2D eigenvalue weighted by atomic mass is 16.4. The maximum absolute atomic E-state index is 11.0. The Hall–Kier alpha value is -2.83. The zero-order valence-electron chi connectivity index (χ0n) is 11.7. The molecule has 0 saturated heterocycles. The summed E-state index contributed by atoms with van der Waals surface area (Å²) in [7, 11) is 0. The van der Waals surface area contributed by atoms with E-state index in [4.69, 9.17) is 10.1 Å². The molecule has 110 valence electrons. The number of aromatic nitrogens is 5. The van der Waals surface area contributed by atoms with Gasteiger partial charge >= 0.3 is 5.97 Å². The van der Waals surface area contributed by atoms with Gasteiger partial charge in [-0.2, -0.15) is 0 Å². The second-order valence-corrected chi connectivity index (χ2v) is 5.41. The molecule has 0 spiro atoms. The first-order chi connectivity index (χ1) is 10.7. The first-order valence-corrected chi connectivity index (χ1v) is 7.09. The monoisotopic (exact) mass is 295 g/mol. The van der Waals surface area contributed by atoms with E-state index in [-0.39, 0.29) is 6.42 Å². The molecule has 0 aromatic carbocycles. The van der Waals surface area contributed by atoms with E-state index in [1.807, 2.05) is 12.1 Å². The Bertz CT molecular complexity index is 855. The van der Waals surface area contributed by atoms with Crippen LogP contribution in [-0.4, -0.2) is 35.6 Å². The largest absolute Gasteiger partial charge is 0.481 e. The van der Waals surface area contributed by atoms with Crippen LogP contribution in [0, 0.1) is 0 Å². The number of nitrogens with zero attached hydrogens (tertiary/aromatic N) is 5. The number of hydrogen-bond acceptors (Lipinski definition) is 5. The highest BCUT2D eigenvalue weighted by Crippen LogP contribution is 2.41. The van der Waals surface area contributed by atoms with Gasteiger partial charge in [0.25, 0.3) is 0 Å². The van der Waals surface area contributed by atoms with Crippen LogP contribution in [-0.2, 0) is 11.2 Å². The molecule has 0 amide bonds. The molecule has 0 aliphatic heterocycles. The summed E-state index contributed by atoms with van der Waals surface area (Å²) in [5, 5.41) is 17.2. The fourth-order valence-corrected chi connectivity index (χ4v) is 2.50. The van der Waals surface area contributed by atoms with Crippen LogP contribution in [0.2, 0.25) is 0 Å². The lowest BCUT2D eigenvalue weighted by Gasteiger charge is -2.07. The van der Waals surface area contributed by atoms with Gasteiger partial charge < -0.3 is 5.11 Å². The SMILES string of the molecule is O=C(O)Cc1nnc2c(C3CC3)nc(-c3cccnc3)cn12. The first-order valence-electron chi connectivity index (χ1n) is 7.09. The Morgan fingerprint density at radius 1 is 1.36 bits per heavy atom. The Balaban J connectivity index is 1.92. The zero-order chi connectivity index (χ0) is 15.1. The third-order valence-corrected chi connectivity index (χ3v) is 3.72. The number of fused-ring (bicyclic) bond motifs is 1. The van der Waals surface area contributed by atoms with Crippen LogP contribution in [0.4, 0.5) is 0 Å². The Morgan fingerprint density at radius 2 is 2.23 bits per heavy atom. The number of carbonyl (C=O) groups is 1. The van der Waals surface area contributed by atoms with Crippen molar-refractivity contribution in [3.63, 3.8) is 0 Å². The van der Waals surface area contributed by atoms with Crippen LogP contribution in [0.25, 0.3) is 16.9 Å². The maximum Gasteiger partial charge on any atom is 0.311 e. The van der Waals surface area contributed by atoms with Gasteiger partial charge in [0.05, 0.1) is 11.4 Å². The number of carboxylic acid groups (broad SMARTS) is 1. The summed E-state index contributed by atoms with van der Waals surface area (Å²) in [4.78, 5) is 19.8. The van der Waals surface area contributed by atoms with Gasteiger partial charge in [0.1, 0.15) is 12.2 Å². The Kier molecular flexibility index (Phi) is 2.85. The lowest BCUT2D eigenvalue weighted by Crippen LogP contribution is -2.06. The van der Waals surface area contributed by atoms with E-state index in [1.54, 1.807) is 23.0 Å². The van der Waals surface area contributed by atoms with Gasteiger partial charge in [0.15, 0.2) is 5.65 Å². The van der Waals surface area contributed by atoms with Crippen LogP contribution < -0.4 is 0 Å². The smallest absolute Gasteiger partial charge is 0.311 e. The molecule has 0 unspecified atom stereocenters. The minimum absolute atomic E-state index is 0.165. The van der Waals surface area contributed by atoms with Gasteiger partial charge in [-0.05, 0) is 25.0 Å². The molecule has 7 heteroatoms. The van der Waals surface area contributed by atoms with Crippen molar-refractivity contribution in [2.45, 2.75) is 25.2 Å². The highest BCUT2D eigenvalue weighted by molar-refractivity contribution is 5.70. The van der Waals surface area contributed by atoms with E-state index in [2.05, 4.69) is 15.2 Å². The number of hydrogen-bond donors (Lipinski definition) is 1. The summed E-state index contributed by atoms with van der Waals surface area (Å²) in [5.41, 5.74) is 3.20. The van der Waals surface area contributed by atoms with Crippen LogP contribution in [0.15, 0.2) is 30.7 Å².